The fraction of sp³-hybridized carbons (Fsp3) is 0.700. The summed E-state index contributed by atoms with van der Waals surface area (Å²) in [7, 11) is 0. The Morgan fingerprint density at radius 1 is 1.38 bits per heavy atom. The molecular formula is C10H14F3NOS. The van der Waals surface area contributed by atoms with Gasteiger partial charge in [0.25, 0.3) is 0 Å². The first-order valence-electron chi connectivity index (χ1n) is 5.11. The molecule has 2 nitrogen and oxygen atoms in total. The van der Waals surface area contributed by atoms with Crippen LogP contribution in [0.3, 0.4) is 0 Å². The van der Waals surface area contributed by atoms with E-state index in [2.05, 4.69) is 4.98 Å². The maximum absolute atomic E-state index is 12.3. The molecule has 0 aliphatic heterocycles. The number of rotatable bonds is 4. The Labute approximate surface area is 96.1 Å². The standard InChI is InChI=1S/C10H14F3NOS/c1-3-6(4-2)8(15)7-5-14-9(16-7)10(11,12)13/h5-6,8,15H,3-4H2,1-2H3. The van der Waals surface area contributed by atoms with Crippen molar-refractivity contribution < 1.29 is 18.3 Å². The SMILES string of the molecule is CCC(CC)C(O)c1cnc(C(F)(F)F)s1. The van der Waals surface area contributed by atoms with Gasteiger partial charge in [0.1, 0.15) is 0 Å². The van der Waals surface area contributed by atoms with Crippen molar-refractivity contribution in [1.29, 1.82) is 0 Å². The third-order valence-electron chi connectivity index (χ3n) is 2.55. The van der Waals surface area contributed by atoms with Gasteiger partial charge in [-0.15, -0.1) is 11.3 Å². The van der Waals surface area contributed by atoms with Gasteiger partial charge in [-0.2, -0.15) is 13.2 Å². The highest BCUT2D eigenvalue weighted by atomic mass is 32.1. The summed E-state index contributed by atoms with van der Waals surface area (Å²) < 4.78 is 36.9. The molecular weight excluding hydrogens is 239 g/mol. The summed E-state index contributed by atoms with van der Waals surface area (Å²) in [5.41, 5.74) is 0. The molecule has 0 aliphatic carbocycles. The summed E-state index contributed by atoms with van der Waals surface area (Å²) in [5, 5.41) is 8.97. The zero-order valence-electron chi connectivity index (χ0n) is 9.08. The van der Waals surface area contributed by atoms with E-state index in [1.165, 1.54) is 0 Å². The Morgan fingerprint density at radius 2 is 1.94 bits per heavy atom. The van der Waals surface area contributed by atoms with E-state index in [0.717, 1.165) is 19.0 Å². The van der Waals surface area contributed by atoms with Crippen molar-refractivity contribution in [1.82, 2.24) is 4.98 Å². The summed E-state index contributed by atoms with van der Waals surface area (Å²) >= 11 is 0.521. The monoisotopic (exact) mass is 253 g/mol. The van der Waals surface area contributed by atoms with Crippen LogP contribution in [-0.4, -0.2) is 10.1 Å². The molecule has 1 atom stereocenters. The largest absolute Gasteiger partial charge is 0.443 e. The van der Waals surface area contributed by atoms with Crippen LogP contribution in [0, 0.1) is 5.92 Å². The quantitative estimate of drug-likeness (QED) is 0.888. The maximum atomic E-state index is 12.3. The van der Waals surface area contributed by atoms with Crippen LogP contribution >= 0.6 is 11.3 Å². The minimum atomic E-state index is -4.42. The van der Waals surface area contributed by atoms with Crippen molar-refractivity contribution in [2.24, 2.45) is 5.92 Å². The molecule has 1 heterocycles. The minimum absolute atomic E-state index is 0.0125. The highest BCUT2D eigenvalue weighted by Crippen LogP contribution is 2.37. The summed E-state index contributed by atoms with van der Waals surface area (Å²) in [5.74, 6) is -0.0125. The summed E-state index contributed by atoms with van der Waals surface area (Å²) in [4.78, 5) is 3.59. The predicted octanol–water partition coefficient (Wildman–Crippen LogP) is 3.63. The van der Waals surface area contributed by atoms with E-state index in [9.17, 15) is 18.3 Å². The van der Waals surface area contributed by atoms with Gasteiger partial charge in [-0.1, -0.05) is 26.7 Å². The second kappa shape index (κ2) is 5.14. The Kier molecular flexibility index (Phi) is 4.32. The second-order valence-corrected chi connectivity index (χ2v) is 4.65. The van der Waals surface area contributed by atoms with E-state index >= 15 is 0 Å². The van der Waals surface area contributed by atoms with Gasteiger partial charge >= 0.3 is 6.18 Å². The first-order chi connectivity index (χ1) is 7.40. The molecule has 0 saturated heterocycles. The van der Waals surface area contributed by atoms with Crippen molar-refractivity contribution in [3.63, 3.8) is 0 Å². The van der Waals surface area contributed by atoms with Crippen LogP contribution in [-0.2, 0) is 6.18 Å². The van der Waals surface area contributed by atoms with Crippen molar-refractivity contribution in [3.8, 4) is 0 Å². The molecule has 92 valence electrons. The van der Waals surface area contributed by atoms with E-state index < -0.39 is 17.3 Å². The number of alkyl halides is 3. The lowest BCUT2D eigenvalue weighted by Gasteiger charge is -2.17. The van der Waals surface area contributed by atoms with Crippen molar-refractivity contribution in [2.75, 3.05) is 0 Å². The average Bonchev–Trinajstić information content (AvgIpc) is 2.67. The molecule has 16 heavy (non-hydrogen) atoms. The molecule has 0 saturated carbocycles. The van der Waals surface area contributed by atoms with Crippen LogP contribution in [0.4, 0.5) is 13.2 Å². The second-order valence-electron chi connectivity index (χ2n) is 3.59. The Morgan fingerprint density at radius 3 is 2.31 bits per heavy atom. The number of aromatic nitrogens is 1. The fourth-order valence-corrected chi connectivity index (χ4v) is 2.38. The normalized spacial score (nSPS) is 14.4. The lowest BCUT2D eigenvalue weighted by atomic mass is 9.96. The third-order valence-corrected chi connectivity index (χ3v) is 3.67. The molecule has 0 aliphatic rings. The van der Waals surface area contributed by atoms with Crippen molar-refractivity contribution in [2.45, 2.75) is 39.0 Å². The van der Waals surface area contributed by atoms with Crippen molar-refractivity contribution in [3.05, 3.63) is 16.1 Å². The first kappa shape index (κ1) is 13.4. The van der Waals surface area contributed by atoms with Gasteiger partial charge in [0, 0.05) is 6.20 Å². The molecule has 1 rings (SSSR count). The molecule has 0 bridgehead atoms. The fourth-order valence-electron chi connectivity index (χ4n) is 1.52. The topological polar surface area (TPSA) is 33.1 Å². The molecule has 1 aromatic heterocycles. The van der Waals surface area contributed by atoms with Gasteiger partial charge in [0.05, 0.1) is 11.0 Å². The number of aliphatic hydroxyl groups excluding tert-OH is 1. The molecule has 0 aromatic carbocycles. The Bertz CT molecular complexity index is 333. The number of hydrogen-bond acceptors (Lipinski definition) is 3. The predicted molar refractivity (Wildman–Crippen MR) is 56.1 cm³/mol. The zero-order valence-corrected chi connectivity index (χ0v) is 9.90. The number of thiazole rings is 1. The van der Waals surface area contributed by atoms with E-state index in [4.69, 9.17) is 0 Å². The van der Waals surface area contributed by atoms with Gasteiger partial charge < -0.3 is 5.11 Å². The van der Waals surface area contributed by atoms with Gasteiger partial charge in [-0.25, -0.2) is 4.98 Å². The molecule has 0 amide bonds. The third kappa shape index (κ3) is 2.95. The lowest BCUT2D eigenvalue weighted by molar-refractivity contribution is -0.137. The highest BCUT2D eigenvalue weighted by molar-refractivity contribution is 7.11. The number of hydrogen-bond donors (Lipinski definition) is 1. The van der Waals surface area contributed by atoms with Gasteiger partial charge in [-0.3, -0.25) is 0 Å². The lowest BCUT2D eigenvalue weighted by Crippen LogP contribution is -2.09. The smallest absolute Gasteiger partial charge is 0.387 e. The van der Waals surface area contributed by atoms with Crippen LogP contribution in [0.2, 0.25) is 0 Å². The molecule has 0 radical (unpaired) electrons. The van der Waals surface area contributed by atoms with E-state index in [1.54, 1.807) is 0 Å². The molecule has 0 fully saturated rings. The van der Waals surface area contributed by atoms with Crippen LogP contribution in [0.15, 0.2) is 6.20 Å². The van der Waals surface area contributed by atoms with Gasteiger partial charge in [-0.05, 0) is 5.92 Å². The number of halogens is 3. The molecule has 0 spiro atoms. The van der Waals surface area contributed by atoms with Crippen molar-refractivity contribution >= 4 is 11.3 Å². The van der Waals surface area contributed by atoms with Gasteiger partial charge in [0.15, 0.2) is 5.01 Å². The Balaban J connectivity index is 2.85. The molecule has 6 heteroatoms. The van der Waals surface area contributed by atoms with Crippen LogP contribution < -0.4 is 0 Å². The minimum Gasteiger partial charge on any atom is -0.387 e. The summed E-state index contributed by atoms with van der Waals surface area (Å²) in [6.07, 6.45) is -2.68. The average molecular weight is 253 g/mol. The maximum Gasteiger partial charge on any atom is 0.443 e. The van der Waals surface area contributed by atoms with E-state index in [1.807, 2.05) is 13.8 Å². The van der Waals surface area contributed by atoms with E-state index in [-0.39, 0.29) is 5.92 Å². The van der Waals surface area contributed by atoms with Gasteiger partial charge in [0.2, 0.25) is 0 Å². The zero-order chi connectivity index (χ0) is 12.3. The summed E-state index contributed by atoms with van der Waals surface area (Å²) in [6, 6.07) is 0. The number of aliphatic hydroxyl groups is 1. The van der Waals surface area contributed by atoms with E-state index in [0.29, 0.717) is 16.2 Å². The first-order valence-corrected chi connectivity index (χ1v) is 5.92. The molecule has 1 unspecified atom stereocenters. The van der Waals surface area contributed by atoms with Crippen LogP contribution in [0.5, 0.6) is 0 Å². The summed E-state index contributed by atoms with van der Waals surface area (Å²) in [6.45, 7) is 3.81. The van der Waals surface area contributed by atoms with Crippen LogP contribution in [0.25, 0.3) is 0 Å². The number of nitrogens with zero attached hydrogens (tertiary/aromatic N) is 1. The molecule has 1 N–H and O–H groups in total. The molecule has 1 aromatic rings. The highest BCUT2D eigenvalue weighted by Gasteiger charge is 2.35. The Hall–Kier alpha value is -0.620. The van der Waals surface area contributed by atoms with Crippen LogP contribution in [0.1, 0.15) is 42.7 Å².